The highest BCUT2D eigenvalue weighted by molar-refractivity contribution is 7.02. The first kappa shape index (κ1) is 47.6. The maximum Gasteiger partial charge on any atom is 0.256 e. The van der Waals surface area contributed by atoms with Crippen LogP contribution in [0.15, 0.2) is 273 Å². The molecule has 16 rings (SSSR count). The van der Waals surface area contributed by atoms with E-state index < -0.39 is 0 Å². The minimum atomic E-state index is -0.180. The van der Waals surface area contributed by atoms with E-state index in [-0.39, 0.29) is 13.4 Å². The molecule has 4 heterocycles. The Morgan fingerprint density at radius 2 is 0.695 bits per heavy atom. The van der Waals surface area contributed by atoms with Crippen LogP contribution in [0.2, 0.25) is 0 Å². The first-order chi connectivity index (χ1) is 40.5. The second-order valence-electron chi connectivity index (χ2n) is 21.8. The predicted molar refractivity (Wildman–Crippen MR) is 340 cm³/mol. The zero-order valence-electron chi connectivity index (χ0n) is 45.2. The van der Waals surface area contributed by atoms with E-state index >= 15 is 0 Å². The van der Waals surface area contributed by atoms with Crippen LogP contribution in [-0.2, 0) is 0 Å². The molecular formula is C74H51B2N3O3. The summed E-state index contributed by atoms with van der Waals surface area (Å²) in [5.74, 6) is 4.54. The monoisotopic (exact) mass is 1050 g/mol. The van der Waals surface area contributed by atoms with Crippen LogP contribution in [0.3, 0.4) is 0 Å². The van der Waals surface area contributed by atoms with Gasteiger partial charge in [0.05, 0.1) is 0 Å². The van der Waals surface area contributed by atoms with Crippen molar-refractivity contribution in [2.24, 2.45) is 0 Å². The van der Waals surface area contributed by atoms with Gasteiger partial charge in [-0.05, 0) is 159 Å². The molecule has 0 spiro atoms. The zero-order chi connectivity index (χ0) is 54.4. The standard InChI is InChI=1S/C74H51B2N3O3/c1-48-34-36-61-65(38-48)77(54-26-12-5-13-27-54)68-42-59(80-57-32-18-24-52(40-57)50-20-8-3-9-21-50)43-69-73(68)75(61)63-46-64-67(47-66(63)78(69)55-28-14-6-15-29-55)79(56-30-16-7-17-31-56)70-44-60(81-58-33-19-25-53(41-58)51-22-10-4-11-23-51)45-72-74(70)76(64)62-37-35-49(2)39-71(62)82-72/h3-47H,1-2H3. The summed E-state index contributed by atoms with van der Waals surface area (Å²) in [5.41, 5.74) is 23.4. The van der Waals surface area contributed by atoms with Gasteiger partial charge in [-0.15, -0.1) is 0 Å². The second-order valence-corrected chi connectivity index (χ2v) is 21.8. The third kappa shape index (κ3) is 7.89. The van der Waals surface area contributed by atoms with Crippen LogP contribution in [-0.4, -0.2) is 13.4 Å². The highest BCUT2D eigenvalue weighted by Crippen LogP contribution is 2.50. The number of aryl methyl sites for hydroxylation is 2. The Kier molecular flexibility index (Phi) is 11.1. The Morgan fingerprint density at radius 3 is 1.21 bits per heavy atom. The molecule has 0 N–H and O–H groups in total. The van der Waals surface area contributed by atoms with E-state index in [1.807, 2.05) is 12.1 Å². The first-order valence-corrected chi connectivity index (χ1v) is 28.1. The Balaban J connectivity index is 0.953. The summed E-state index contributed by atoms with van der Waals surface area (Å²) in [7, 11) is 0. The number of ether oxygens (including phenoxy) is 3. The summed E-state index contributed by atoms with van der Waals surface area (Å²) in [6.07, 6.45) is 0. The molecule has 0 radical (unpaired) electrons. The van der Waals surface area contributed by atoms with Crippen molar-refractivity contribution < 1.29 is 14.2 Å². The van der Waals surface area contributed by atoms with Gasteiger partial charge >= 0.3 is 0 Å². The van der Waals surface area contributed by atoms with E-state index in [2.05, 4.69) is 289 Å². The molecule has 0 aromatic heterocycles. The lowest BCUT2D eigenvalue weighted by Gasteiger charge is -2.46. The number of nitrogens with zero attached hydrogens (tertiary/aromatic N) is 3. The Hall–Kier alpha value is -10.4. The van der Waals surface area contributed by atoms with Crippen LogP contribution >= 0.6 is 0 Å². The number of anilines is 9. The molecule has 0 unspecified atom stereocenters. The van der Waals surface area contributed by atoms with Gasteiger partial charge in [0.25, 0.3) is 13.4 Å². The van der Waals surface area contributed by atoms with Gasteiger partial charge in [-0.25, -0.2) is 0 Å². The fraction of sp³-hybridized carbons (Fsp3) is 0.0270. The van der Waals surface area contributed by atoms with Crippen molar-refractivity contribution in [2.45, 2.75) is 13.8 Å². The normalized spacial score (nSPS) is 13.0. The van der Waals surface area contributed by atoms with Gasteiger partial charge in [-0.1, -0.05) is 170 Å². The quantitative estimate of drug-likeness (QED) is 0.134. The molecule has 0 amide bonds. The Labute approximate surface area is 478 Å². The molecule has 0 saturated heterocycles. The minimum Gasteiger partial charge on any atom is -0.458 e. The number of rotatable bonds is 9. The van der Waals surface area contributed by atoms with Crippen LogP contribution in [0.1, 0.15) is 11.1 Å². The third-order valence-corrected chi connectivity index (χ3v) is 16.6. The van der Waals surface area contributed by atoms with E-state index in [0.29, 0.717) is 5.75 Å². The lowest BCUT2D eigenvalue weighted by molar-refractivity contribution is 0.463. The maximum atomic E-state index is 7.17. The number of fused-ring (bicyclic) bond motifs is 8. The molecule has 0 fully saturated rings. The van der Waals surface area contributed by atoms with Gasteiger partial charge < -0.3 is 28.9 Å². The zero-order valence-corrected chi connectivity index (χ0v) is 45.2. The number of para-hydroxylation sites is 3. The fourth-order valence-corrected chi connectivity index (χ4v) is 13.1. The van der Waals surface area contributed by atoms with Crippen LogP contribution in [0.4, 0.5) is 51.2 Å². The molecule has 0 aliphatic carbocycles. The van der Waals surface area contributed by atoms with Crippen molar-refractivity contribution in [1.82, 2.24) is 0 Å². The van der Waals surface area contributed by atoms with E-state index in [0.717, 1.165) is 119 Å². The van der Waals surface area contributed by atoms with Crippen molar-refractivity contribution in [3.8, 4) is 56.8 Å². The minimum absolute atomic E-state index is 0.165. The van der Waals surface area contributed by atoms with E-state index in [4.69, 9.17) is 14.2 Å². The summed E-state index contributed by atoms with van der Waals surface area (Å²) in [6, 6.07) is 97.6. The van der Waals surface area contributed by atoms with Crippen molar-refractivity contribution in [1.29, 1.82) is 0 Å². The van der Waals surface area contributed by atoms with Crippen LogP contribution in [0, 0.1) is 13.8 Å². The molecule has 8 heteroatoms. The number of hydrogen-bond donors (Lipinski definition) is 0. The number of hydrogen-bond acceptors (Lipinski definition) is 6. The van der Waals surface area contributed by atoms with Gasteiger partial charge in [0.15, 0.2) is 0 Å². The SMILES string of the molecule is Cc1ccc2c(c1)Oc1cc(Oc3cccc(-c4ccccc4)c3)cc3c1B2c1cc2c(cc1N3c1ccccc1)N(c1ccccc1)c1cc(Oc3cccc(-c4ccccc4)c3)cc3c1B2c1ccc(C)cc1N3c1ccccc1. The summed E-state index contributed by atoms with van der Waals surface area (Å²) >= 11 is 0. The molecule has 4 aliphatic rings. The average Bonchev–Trinajstić information content (AvgIpc) is 2.06. The maximum absolute atomic E-state index is 7.17. The summed E-state index contributed by atoms with van der Waals surface area (Å²) < 4.78 is 21.3. The molecule has 6 nitrogen and oxygen atoms in total. The van der Waals surface area contributed by atoms with Crippen LogP contribution in [0.5, 0.6) is 34.5 Å². The largest absolute Gasteiger partial charge is 0.458 e. The fourth-order valence-electron chi connectivity index (χ4n) is 13.1. The van der Waals surface area contributed by atoms with Crippen molar-refractivity contribution >= 4 is 97.4 Å². The number of benzene rings is 12. The molecule has 82 heavy (non-hydrogen) atoms. The third-order valence-electron chi connectivity index (χ3n) is 16.6. The summed E-state index contributed by atoms with van der Waals surface area (Å²) in [4.78, 5) is 7.36. The van der Waals surface area contributed by atoms with Crippen LogP contribution in [0.25, 0.3) is 22.3 Å². The molecule has 12 aromatic carbocycles. The average molecular weight is 1050 g/mol. The topological polar surface area (TPSA) is 37.4 Å². The molecule has 386 valence electrons. The smallest absolute Gasteiger partial charge is 0.256 e. The highest BCUT2D eigenvalue weighted by Gasteiger charge is 2.48. The van der Waals surface area contributed by atoms with Gasteiger partial charge in [0, 0.05) is 75.5 Å². The molecule has 0 atom stereocenters. The molecule has 0 bridgehead atoms. The summed E-state index contributed by atoms with van der Waals surface area (Å²) in [6.45, 7) is 3.99. The molecule has 4 aliphatic heterocycles. The van der Waals surface area contributed by atoms with Crippen molar-refractivity contribution in [3.05, 3.63) is 284 Å². The van der Waals surface area contributed by atoms with Gasteiger partial charge in [0.1, 0.15) is 34.5 Å². The van der Waals surface area contributed by atoms with Crippen molar-refractivity contribution in [3.63, 3.8) is 0 Å². The lowest BCUT2D eigenvalue weighted by Crippen LogP contribution is -2.64. The second kappa shape index (κ2) is 19.1. The molecule has 12 aromatic rings. The van der Waals surface area contributed by atoms with E-state index in [9.17, 15) is 0 Å². The Bertz CT molecular complexity index is 4490. The lowest BCUT2D eigenvalue weighted by atomic mass is 9.30. The van der Waals surface area contributed by atoms with E-state index in [1.54, 1.807) is 0 Å². The van der Waals surface area contributed by atoms with Gasteiger partial charge in [-0.3, -0.25) is 0 Å². The predicted octanol–water partition coefficient (Wildman–Crippen LogP) is 15.7. The van der Waals surface area contributed by atoms with Crippen molar-refractivity contribution in [2.75, 3.05) is 14.7 Å². The summed E-state index contributed by atoms with van der Waals surface area (Å²) in [5, 5.41) is 0. The first-order valence-electron chi connectivity index (χ1n) is 28.1. The molecular weight excluding hydrogens is 1000 g/mol. The van der Waals surface area contributed by atoms with Gasteiger partial charge in [0.2, 0.25) is 0 Å². The van der Waals surface area contributed by atoms with Crippen LogP contribution < -0.4 is 61.7 Å². The van der Waals surface area contributed by atoms with E-state index in [1.165, 1.54) is 27.4 Å². The molecule has 0 saturated carbocycles. The van der Waals surface area contributed by atoms with Gasteiger partial charge in [-0.2, -0.15) is 0 Å². The Morgan fingerprint density at radius 1 is 0.280 bits per heavy atom. The highest BCUT2D eigenvalue weighted by atomic mass is 16.5.